The van der Waals surface area contributed by atoms with Crippen molar-refractivity contribution >= 4 is 11.5 Å². The molecule has 1 aromatic rings. The largest absolute Gasteiger partial charge is 0.373 e. The Bertz CT molecular complexity index is 474. The lowest BCUT2D eigenvalue weighted by Gasteiger charge is -2.23. The van der Waals surface area contributed by atoms with E-state index in [0.29, 0.717) is 11.1 Å². The minimum atomic E-state index is 0.0196. The molecule has 4 heteroatoms. The minimum Gasteiger partial charge on any atom is -0.373 e. The van der Waals surface area contributed by atoms with Crippen LogP contribution in [-0.2, 0) is 0 Å². The van der Waals surface area contributed by atoms with Crippen LogP contribution in [0.5, 0.6) is 0 Å². The minimum absolute atomic E-state index is 0.0196. The highest BCUT2D eigenvalue weighted by atomic mass is 16.1. The van der Waals surface area contributed by atoms with Gasteiger partial charge in [0.2, 0.25) is 0 Å². The zero-order valence-electron chi connectivity index (χ0n) is 11.4. The molecule has 0 heterocycles. The average molecular weight is 245 g/mol. The maximum atomic E-state index is 11.6. The Hall–Kier alpha value is -1.86. The van der Waals surface area contributed by atoms with Crippen LogP contribution < -0.4 is 4.90 Å². The zero-order valence-corrected chi connectivity index (χ0v) is 11.4. The molecule has 0 aromatic heterocycles. The summed E-state index contributed by atoms with van der Waals surface area (Å²) in [5.41, 5.74) is 2.06. The summed E-state index contributed by atoms with van der Waals surface area (Å²) >= 11 is 0. The lowest BCUT2D eigenvalue weighted by molar-refractivity contribution is 0.101. The van der Waals surface area contributed by atoms with E-state index in [1.54, 1.807) is 25.1 Å². The summed E-state index contributed by atoms with van der Waals surface area (Å²) in [6, 6.07) is 7.28. The third kappa shape index (κ3) is 3.57. The molecule has 1 aromatic carbocycles. The van der Waals surface area contributed by atoms with Gasteiger partial charge in [-0.15, -0.1) is 0 Å². The second-order valence-corrected chi connectivity index (χ2v) is 4.62. The Morgan fingerprint density at radius 1 is 1.28 bits per heavy atom. The van der Waals surface area contributed by atoms with Crippen LogP contribution in [0, 0.1) is 11.3 Å². The standard InChI is InChI=1S/C14H19N3O/c1-11(18)13-6-5-12(10-15)9-14(13)17(4)8-7-16(2)3/h5-6,9H,7-8H2,1-4H3. The van der Waals surface area contributed by atoms with Gasteiger partial charge in [0.25, 0.3) is 0 Å². The number of rotatable bonds is 5. The van der Waals surface area contributed by atoms with E-state index in [0.717, 1.165) is 18.8 Å². The van der Waals surface area contributed by atoms with Crippen molar-refractivity contribution in [2.75, 3.05) is 39.1 Å². The summed E-state index contributed by atoms with van der Waals surface area (Å²) < 4.78 is 0. The first kappa shape index (κ1) is 14.2. The van der Waals surface area contributed by atoms with Gasteiger partial charge in [-0.1, -0.05) is 0 Å². The quantitative estimate of drug-likeness (QED) is 0.742. The normalized spacial score (nSPS) is 10.2. The molecule has 96 valence electrons. The molecule has 18 heavy (non-hydrogen) atoms. The highest BCUT2D eigenvalue weighted by molar-refractivity contribution is 6.00. The molecule has 0 fully saturated rings. The molecule has 0 amide bonds. The monoisotopic (exact) mass is 245 g/mol. The van der Waals surface area contributed by atoms with Crippen molar-refractivity contribution in [2.45, 2.75) is 6.92 Å². The second-order valence-electron chi connectivity index (χ2n) is 4.62. The van der Waals surface area contributed by atoms with Gasteiger partial charge < -0.3 is 9.80 Å². The van der Waals surface area contributed by atoms with E-state index in [1.807, 2.05) is 26.0 Å². The third-order valence-electron chi connectivity index (χ3n) is 2.80. The predicted octanol–water partition coefficient (Wildman–Crippen LogP) is 1.76. The van der Waals surface area contributed by atoms with Gasteiger partial charge in [-0.3, -0.25) is 4.79 Å². The summed E-state index contributed by atoms with van der Waals surface area (Å²) in [5, 5.41) is 8.93. The van der Waals surface area contributed by atoms with Crippen LogP contribution in [0.2, 0.25) is 0 Å². The Labute approximate surface area is 108 Å². The SMILES string of the molecule is CC(=O)c1ccc(C#N)cc1N(C)CCN(C)C. The number of ketones is 1. The molecule has 0 aliphatic carbocycles. The van der Waals surface area contributed by atoms with E-state index in [1.165, 1.54) is 0 Å². The summed E-state index contributed by atoms with van der Waals surface area (Å²) in [4.78, 5) is 15.7. The molecule has 1 rings (SSSR count). The van der Waals surface area contributed by atoms with Crippen molar-refractivity contribution in [2.24, 2.45) is 0 Å². The topological polar surface area (TPSA) is 47.3 Å². The molecular weight excluding hydrogens is 226 g/mol. The molecule has 0 spiro atoms. The smallest absolute Gasteiger partial charge is 0.161 e. The average Bonchev–Trinajstić information content (AvgIpc) is 2.34. The van der Waals surface area contributed by atoms with Crippen molar-refractivity contribution in [1.82, 2.24) is 4.90 Å². The molecule has 0 bridgehead atoms. The Morgan fingerprint density at radius 2 is 1.94 bits per heavy atom. The van der Waals surface area contributed by atoms with E-state index >= 15 is 0 Å². The summed E-state index contributed by atoms with van der Waals surface area (Å²) in [5.74, 6) is 0.0196. The van der Waals surface area contributed by atoms with E-state index in [9.17, 15) is 4.79 Å². The fourth-order valence-corrected chi connectivity index (χ4v) is 1.69. The van der Waals surface area contributed by atoms with Crippen LogP contribution in [0.3, 0.4) is 0 Å². The van der Waals surface area contributed by atoms with Gasteiger partial charge in [-0.25, -0.2) is 0 Å². The number of likely N-dealkylation sites (N-methyl/N-ethyl adjacent to an activating group) is 2. The van der Waals surface area contributed by atoms with Crippen LogP contribution >= 0.6 is 0 Å². The summed E-state index contributed by atoms with van der Waals surface area (Å²) in [6.45, 7) is 3.25. The van der Waals surface area contributed by atoms with Crippen molar-refractivity contribution in [3.8, 4) is 6.07 Å². The van der Waals surface area contributed by atoms with E-state index in [4.69, 9.17) is 5.26 Å². The van der Waals surface area contributed by atoms with Crippen LogP contribution in [0.15, 0.2) is 18.2 Å². The van der Waals surface area contributed by atoms with E-state index in [-0.39, 0.29) is 5.78 Å². The van der Waals surface area contributed by atoms with Crippen molar-refractivity contribution in [3.05, 3.63) is 29.3 Å². The van der Waals surface area contributed by atoms with Gasteiger partial charge in [-0.05, 0) is 39.2 Å². The van der Waals surface area contributed by atoms with E-state index in [2.05, 4.69) is 11.0 Å². The van der Waals surface area contributed by atoms with Gasteiger partial charge in [0.05, 0.1) is 11.6 Å². The van der Waals surface area contributed by atoms with Gasteiger partial charge in [0.1, 0.15) is 0 Å². The van der Waals surface area contributed by atoms with Crippen LogP contribution in [0.1, 0.15) is 22.8 Å². The molecule has 0 N–H and O–H groups in total. The summed E-state index contributed by atoms with van der Waals surface area (Å²) in [7, 11) is 5.95. The van der Waals surface area contributed by atoms with Gasteiger partial charge in [-0.2, -0.15) is 5.26 Å². The fraction of sp³-hybridized carbons (Fsp3) is 0.429. The zero-order chi connectivity index (χ0) is 13.7. The van der Waals surface area contributed by atoms with Gasteiger partial charge >= 0.3 is 0 Å². The molecule has 0 atom stereocenters. The lowest BCUT2D eigenvalue weighted by atomic mass is 10.1. The molecular formula is C14H19N3O. The molecule has 0 aliphatic heterocycles. The van der Waals surface area contributed by atoms with Crippen molar-refractivity contribution in [1.29, 1.82) is 5.26 Å². The first-order valence-corrected chi connectivity index (χ1v) is 5.86. The molecule has 0 saturated carbocycles. The maximum Gasteiger partial charge on any atom is 0.161 e. The molecule has 0 radical (unpaired) electrons. The second kappa shape index (κ2) is 6.18. The molecule has 0 unspecified atom stereocenters. The highest BCUT2D eigenvalue weighted by Gasteiger charge is 2.12. The molecule has 0 saturated heterocycles. The van der Waals surface area contributed by atoms with Gasteiger partial charge in [0.15, 0.2) is 5.78 Å². The van der Waals surface area contributed by atoms with Gasteiger partial charge in [0, 0.05) is 31.4 Å². The van der Waals surface area contributed by atoms with Crippen molar-refractivity contribution in [3.63, 3.8) is 0 Å². The summed E-state index contributed by atoms with van der Waals surface area (Å²) in [6.07, 6.45) is 0. The lowest BCUT2D eigenvalue weighted by Crippen LogP contribution is -2.29. The van der Waals surface area contributed by atoms with Crippen LogP contribution in [0.4, 0.5) is 5.69 Å². The Kier molecular flexibility index (Phi) is 4.87. The number of benzene rings is 1. The number of nitrogens with zero attached hydrogens (tertiary/aromatic N) is 3. The van der Waals surface area contributed by atoms with Crippen molar-refractivity contribution < 1.29 is 4.79 Å². The fourth-order valence-electron chi connectivity index (χ4n) is 1.69. The van der Waals surface area contributed by atoms with Crippen LogP contribution in [0.25, 0.3) is 0 Å². The number of Topliss-reactive ketones (excluding diaryl/α,β-unsaturated/α-hetero) is 1. The Morgan fingerprint density at radius 3 is 2.44 bits per heavy atom. The number of carbonyl (C=O) groups excluding carboxylic acids is 1. The molecule has 0 aliphatic rings. The highest BCUT2D eigenvalue weighted by Crippen LogP contribution is 2.21. The number of anilines is 1. The first-order chi connectivity index (χ1) is 8.45. The number of nitriles is 1. The number of hydrogen-bond donors (Lipinski definition) is 0. The predicted molar refractivity (Wildman–Crippen MR) is 73.0 cm³/mol. The maximum absolute atomic E-state index is 11.6. The van der Waals surface area contributed by atoms with E-state index < -0.39 is 0 Å². The number of hydrogen-bond acceptors (Lipinski definition) is 4. The Balaban J connectivity index is 3.03. The first-order valence-electron chi connectivity index (χ1n) is 5.86. The van der Waals surface area contributed by atoms with Crippen LogP contribution in [-0.4, -0.2) is 44.9 Å². The third-order valence-corrected chi connectivity index (χ3v) is 2.80. The molecule has 4 nitrogen and oxygen atoms in total. The number of carbonyl (C=O) groups is 1.